The molecule has 8 heteroatoms. The number of aliphatic hydroxyl groups is 1. The van der Waals surface area contributed by atoms with E-state index in [1.54, 1.807) is 0 Å². The third kappa shape index (κ3) is 2.34. The molecule has 0 bridgehead atoms. The van der Waals surface area contributed by atoms with Crippen LogP contribution in [0.4, 0.5) is 11.4 Å². The lowest BCUT2D eigenvalue weighted by Crippen LogP contribution is -2.38. The first-order chi connectivity index (χ1) is 9.00. The Kier molecular flexibility index (Phi) is 3.34. The number of hydrogen-bond acceptors (Lipinski definition) is 7. The highest BCUT2D eigenvalue weighted by atomic mass is 16.6. The zero-order chi connectivity index (χ0) is 14.0. The van der Waals surface area contributed by atoms with Gasteiger partial charge in [-0.15, -0.1) is 0 Å². The molecular formula is C11H14N4O4. The predicted molar refractivity (Wildman–Crippen MR) is 67.9 cm³/mol. The van der Waals surface area contributed by atoms with Crippen LogP contribution in [0.2, 0.25) is 0 Å². The molecule has 0 fully saturated rings. The number of non-ortho nitro benzene ring substituents is 1. The lowest BCUT2D eigenvalue weighted by molar-refractivity contribution is -0.383. The van der Waals surface area contributed by atoms with Gasteiger partial charge in [-0.2, -0.15) is 0 Å². The van der Waals surface area contributed by atoms with Crippen LogP contribution in [-0.2, 0) is 0 Å². The number of benzene rings is 1. The number of nitro groups is 1. The van der Waals surface area contributed by atoms with E-state index < -0.39 is 10.5 Å². The quantitative estimate of drug-likeness (QED) is 0.625. The van der Waals surface area contributed by atoms with Crippen molar-refractivity contribution in [3.05, 3.63) is 22.2 Å². The first-order valence-corrected chi connectivity index (χ1v) is 5.79. The van der Waals surface area contributed by atoms with Crippen molar-refractivity contribution >= 4 is 22.4 Å². The highest BCUT2D eigenvalue weighted by molar-refractivity contribution is 5.93. The van der Waals surface area contributed by atoms with Gasteiger partial charge in [0.25, 0.3) is 0 Å². The summed E-state index contributed by atoms with van der Waals surface area (Å²) in [5, 5.41) is 30.6. The van der Waals surface area contributed by atoms with Crippen LogP contribution in [0.15, 0.2) is 16.8 Å². The van der Waals surface area contributed by atoms with Gasteiger partial charge in [-0.25, -0.2) is 4.63 Å². The monoisotopic (exact) mass is 266 g/mol. The summed E-state index contributed by atoms with van der Waals surface area (Å²) in [5.41, 5.74) is 0.208. The number of anilines is 1. The van der Waals surface area contributed by atoms with E-state index in [2.05, 4.69) is 20.3 Å². The van der Waals surface area contributed by atoms with E-state index >= 15 is 0 Å². The second-order valence-electron chi connectivity index (χ2n) is 4.55. The Labute approximate surface area is 108 Å². The number of nitrogens with one attached hydrogen (secondary N) is 1. The molecule has 19 heavy (non-hydrogen) atoms. The van der Waals surface area contributed by atoms with Gasteiger partial charge in [-0.1, -0.05) is 6.92 Å². The second-order valence-corrected chi connectivity index (χ2v) is 4.55. The Morgan fingerprint density at radius 3 is 2.74 bits per heavy atom. The molecule has 0 saturated carbocycles. The number of aliphatic hydroxyl groups excluding tert-OH is 1. The van der Waals surface area contributed by atoms with Crippen molar-refractivity contribution in [2.45, 2.75) is 25.8 Å². The highest BCUT2D eigenvalue weighted by Gasteiger charge is 2.25. The summed E-state index contributed by atoms with van der Waals surface area (Å²) < 4.78 is 4.57. The fourth-order valence-electron chi connectivity index (χ4n) is 1.67. The summed E-state index contributed by atoms with van der Waals surface area (Å²) in [5.74, 6) is 0. The van der Waals surface area contributed by atoms with E-state index in [1.807, 2.05) is 13.8 Å². The average molecular weight is 266 g/mol. The maximum Gasteiger partial charge on any atom is 0.300 e. The van der Waals surface area contributed by atoms with Gasteiger partial charge in [0.2, 0.25) is 5.52 Å². The minimum Gasteiger partial charge on any atom is -0.394 e. The van der Waals surface area contributed by atoms with Gasteiger partial charge in [0.15, 0.2) is 5.52 Å². The maximum atomic E-state index is 10.9. The van der Waals surface area contributed by atoms with Crippen molar-refractivity contribution in [1.29, 1.82) is 0 Å². The van der Waals surface area contributed by atoms with Crippen molar-refractivity contribution in [2.24, 2.45) is 0 Å². The van der Waals surface area contributed by atoms with Gasteiger partial charge >= 0.3 is 5.69 Å². The molecule has 0 aliphatic heterocycles. The van der Waals surface area contributed by atoms with Gasteiger partial charge in [0.05, 0.1) is 22.8 Å². The second kappa shape index (κ2) is 4.81. The molecule has 2 N–H and O–H groups in total. The van der Waals surface area contributed by atoms with Crippen LogP contribution >= 0.6 is 0 Å². The fraction of sp³-hybridized carbons (Fsp3) is 0.455. The molecule has 0 aliphatic rings. The highest BCUT2D eigenvalue weighted by Crippen LogP contribution is 2.30. The van der Waals surface area contributed by atoms with Crippen LogP contribution in [0.5, 0.6) is 0 Å². The number of fused-ring (bicyclic) bond motifs is 1. The molecule has 1 aromatic heterocycles. The minimum absolute atomic E-state index is 0.0761. The summed E-state index contributed by atoms with van der Waals surface area (Å²) in [4.78, 5) is 10.3. The van der Waals surface area contributed by atoms with E-state index in [0.29, 0.717) is 12.1 Å². The number of aromatic nitrogens is 2. The largest absolute Gasteiger partial charge is 0.394 e. The molecule has 0 saturated heterocycles. The lowest BCUT2D eigenvalue weighted by Gasteiger charge is -2.28. The third-order valence-corrected chi connectivity index (χ3v) is 3.16. The first kappa shape index (κ1) is 13.2. The molecule has 1 unspecified atom stereocenters. The molecule has 1 atom stereocenters. The Morgan fingerprint density at radius 1 is 1.47 bits per heavy atom. The molecule has 1 heterocycles. The number of hydrogen-bond donors (Lipinski definition) is 2. The number of rotatable bonds is 5. The van der Waals surface area contributed by atoms with Crippen molar-refractivity contribution < 1.29 is 14.7 Å². The molecule has 102 valence electrons. The summed E-state index contributed by atoms with van der Waals surface area (Å²) in [6.45, 7) is 3.69. The Bertz CT molecular complexity index is 606. The standard InChI is InChI=1S/C11H14N4O4/c1-3-11(2,6-16)12-7-4-5-8(15(17)18)10-9(7)13-19-14-10/h4-5,12,16H,3,6H2,1-2H3. The molecular weight excluding hydrogens is 252 g/mol. The van der Waals surface area contributed by atoms with Crippen LogP contribution in [0.3, 0.4) is 0 Å². The van der Waals surface area contributed by atoms with E-state index in [-0.39, 0.29) is 23.3 Å². The SMILES string of the molecule is CCC(C)(CO)Nc1ccc([N+](=O)[O-])c2nonc12. The molecule has 2 rings (SSSR count). The van der Waals surface area contributed by atoms with Gasteiger partial charge in [-0.05, 0) is 29.7 Å². The lowest BCUT2D eigenvalue weighted by atomic mass is 9.99. The molecule has 0 amide bonds. The smallest absolute Gasteiger partial charge is 0.300 e. The zero-order valence-electron chi connectivity index (χ0n) is 10.6. The number of nitrogens with zero attached hydrogens (tertiary/aromatic N) is 3. The van der Waals surface area contributed by atoms with Crippen LogP contribution in [0.1, 0.15) is 20.3 Å². The van der Waals surface area contributed by atoms with Crippen molar-refractivity contribution in [3.63, 3.8) is 0 Å². The summed E-state index contributed by atoms with van der Waals surface area (Å²) >= 11 is 0. The number of nitro benzene ring substituents is 1. The van der Waals surface area contributed by atoms with Gasteiger partial charge in [-0.3, -0.25) is 10.1 Å². The molecule has 0 radical (unpaired) electrons. The average Bonchev–Trinajstić information content (AvgIpc) is 2.88. The van der Waals surface area contributed by atoms with Crippen molar-refractivity contribution in [2.75, 3.05) is 11.9 Å². The van der Waals surface area contributed by atoms with Crippen LogP contribution in [-0.4, -0.2) is 32.5 Å². The molecule has 1 aromatic carbocycles. The predicted octanol–water partition coefficient (Wildman–Crippen LogP) is 1.70. The van der Waals surface area contributed by atoms with E-state index in [9.17, 15) is 15.2 Å². The van der Waals surface area contributed by atoms with E-state index in [4.69, 9.17) is 0 Å². The molecule has 0 aliphatic carbocycles. The van der Waals surface area contributed by atoms with Gasteiger partial charge in [0.1, 0.15) is 0 Å². The van der Waals surface area contributed by atoms with Gasteiger partial charge in [0, 0.05) is 6.07 Å². The Morgan fingerprint density at radius 2 is 2.16 bits per heavy atom. The van der Waals surface area contributed by atoms with Crippen LogP contribution < -0.4 is 5.32 Å². The maximum absolute atomic E-state index is 10.9. The third-order valence-electron chi connectivity index (χ3n) is 3.16. The first-order valence-electron chi connectivity index (χ1n) is 5.79. The zero-order valence-corrected chi connectivity index (χ0v) is 10.6. The van der Waals surface area contributed by atoms with Crippen LogP contribution in [0, 0.1) is 10.1 Å². The Hall–Kier alpha value is -2.22. The minimum atomic E-state index is -0.540. The normalized spacial score (nSPS) is 14.3. The van der Waals surface area contributed by atoms with E-state index in [1.165, 1.54) is 12.1 Å². The molecule has 0 spiro atoms. The Balaban J connectivity index is 2.49. The molecule has 2 aromatic rings. The van der Waals surface area contributed by atoms with Crippen molar-refractivity contribution in [1.82, 2.24) is 10.3 Å². The fourth-order valence-corrected chi connectivity index (χ4v) is 1.67. The summed E-state index contributed by atoms with van der Waals surface area (Å²) in [6.07, 6.45) is 0.674. The van der Waals surface area contributed by atoms with Crippen LogP contribution in [0.25, 0.3) is 11.0 Å². The summed E-state index contributed by atoms with van der Waals surface area (Å²) in [7, 11) is 0. The van der Waals surface area contributed by atoms with E-state index in [0.717, 1.165) is 0 Å². The van der Waals surface area contributed by atoms with Crippen molar-refractivity contribution in [3.8, 4) is 0 Å². The molecule has 8 nitrogen and oxygen atoms in total. The van der Waals surface area contributed by atoms with Gasteiger partial charge < -0.3 is 10.4 Å². The topological polar surface area (TPSA) is 114 Å². The summed E-state index contributed by atoms with van der Waals surface area (Å²) in [6, 6.07) is 2.87.